The van der Waals surface area contributed by atoms with Gasteiger partial charge < -0.3 is 9.84 Å². The van der Waals surface area contributed by atoms with Crippen LogP contribution in [0, 0.1) is 11.6 Å². The number of aromatic nitrogens is 1. The number of hydrogen-bond acceptors (Lipinski definition) is 4. The van der Waals surface area contributed by atoms with Gasteiger partial charge in [0.05, 0.1) is 11.7 Å². The number of pyridine rings is 1. The Morgan fingerprint density at radius 1 is 1.00 bits per heavy atom. The molecular weight excluding hydrogens is 424 g/mol. The van der Waals surface area contributed by atoms with E-state index in [9.17, 15) is 18.7 Å². The van der Waals surface area contributed by atoms with Crippen LogP contribution < -0.4 is 4.74 Å². The number of carbonyl (C=O) groups is 1. The van der Waals surface area contributed by atoms with E-state index in [4.69, 9.17) is 4.74 Å². The average molecular weight is 445 g/mol. The normalized spacial score (nSPS) is 17.2. The van der Waals surface area contributed by atoms with E-state index in [0.29, 0.717) is 28.6 Å². The minimum Gasteiger partial charge on any atom is -0.486 e. The third-order valence-electron chi connectivity index (χ3n) is 6.22. The SMILES string of the molecule is O=C(CC1c2ccccc2CC1O)c1ccnc2c(OCc3c(F)cccc3F)cccc12. The first-order valence-electron chi connectivity index (χ1n) is 10.8. The summed E-state index contributed by atoms with van der Waals surface area (Å²) in [5.41, 5.74) is 2.81. The summed E-state index contributed by atoms with van der Waals surface area (Å²) in [7, 11) is 0. The van der Waals surface area contributed by atoms with Gasteiger partial charge in [0.2, 0.25) is 0 Å². The van der Waals surface area contributed by atoms with Gasteiger partial charge in [0.25, 0.3) is 0 Å². The lowest BCUT2D eigenvalue weighted by Crippen LogP contribution is -2.17. The van der Waals surface area contributed by atoms with Gasteiger partial charge in [0, 0.05) is 29.5 Å². The largest absolute Gasteiger partial charge is 0.486 e. The van der Waals surface area contributed by atoms with Crippen molar-refractivity contribution < 1.29 is 23.4 Å². The number of carbonyl (C=O) groups excluding carboxylic acids is 1. The van der Waals surface area contributed by atoms with Crippen LogP contribution in [-0.2, 0) is 13.0 Å². The maximum Gasteiger partial charge on any atom is 0.164 e. The molecule has 0 radical (unpaired) electrons. The number of aliphatic hydroxyl groups is 1. The number of Topliss-reactive ketones (excluding diaryl/α,β-unsaturated/α-hetero) is 1. The van der Waals surface area contributed by atoms with Crippen molar-refractivity contribution in [1.82, 2.24) is 4.98 Å². The quantitative estimate of drug-likeness (QED) is 0.406. The molecule has 6 heteroatoms. The van der Waals surface area contributed by atoms with Crippen LogP contribution in [0.4, 0.5) is 8.78 Å². The number of rotatable bonds is 6. The van der Waals surface area contributed by atoms with Gasteiger partial charge in [-0.1, -0.05) is 42.5 Å². The second kappa shape index (κ2) is 8.71. The Kier molecular flexibility index (Phi) is 5.60. The molecule has 4 aromatic rings. The standard InChI is InChI=1S/C27H21F2NO3/c28-22-8-4-9-23(29)21(22)15-33-26-10-3-7-19-18(11-12-30-27(19)26)25(32)14-20-17-6-2-1-5-16(17)13-24(20)31/h1-12,20,24,31H,13-15H2. The molecule has 3 aromatic carbocycles. The van der Waals surface area contributed by atoms with Gasteiger partial charge >= 0.3 is 0 Å². The van der Waals surface area contributed by atoms with Crippen molar-refractivity contribution in [2.45, 2.75) is 31.5 Å². The van der Waals surface area contributed by atoms with Crippen molar-refractivity contribution in [3.8, 4) is 5.75 Å². The van der Waals surface area contributed by atoms with Gasteiger partial charge in [-0.2, -0.15) is 0 Å². The highest BCUT2D eigenvalue weighted by molar-refractivity contribution is 6.08. The number of hydrogen-bond donors (Lipinski definition) is 1. The number of benzene rings is 3. The maximum atomic E-state index is 14.0. The highest BCUT2D eigenvalue weighted by atomic mass is 19.1. The third kappa shape index (κ3) is 3.98. The van der Waals surface area contributed by atoms with Crippen LogP contribution in [0.2, 0.25) is 0 Å². The molecule has 0 spiro atoms. The summed E-state index contributed by atoms with van der Waals surface area (Å²) >= 11 is 0. The number of halogens is 2. The molecular formula is C27H21F2NO3. The predicted molar refractivity (Wildman–Crippen MR) is 120 cm³/mol. The highest BCUT2D eigenvalue weighted by Crippen LogP contribution is 2.37. The molecule has 4 nitrogen and oxygen atoms in total. The van der Waals surface area contributed by atoms with E-state index >= 15 is 0 Å². The van der Waals surface area contributed by atoms with Gasteiger partial charge in [-0.15, -0.1) is 0 Å². The Labute approximate surface area is 189 Å². The fourth-order valence-corrected chi connectivity index (χ4v) is 4.54. The molecule has 0 aliphatic heterocycles. The number of fused-ring (bicyclic) bond motifs is 2. The van der Waals surface area contributed by atoms with Crippen molar-refractivity contribution in [3.05, 3.63) is 107 Å². The molecule has 1 heterocycles. The van der Waals surface area contributed by atoms with Crippen LogP contribution in [0.5, 0.6) is 5.75 Å². The van der Waals surface area contributed by atoms with Crippen molar-refractivity contribution in [2.24, 2.45) is 0 Å². The molecule has 0 bridgehead atoms. The van der Waals surface area contributed by atoms with E-state index in [2.05, 4.69) is 4.98 Å². The first-order chi connectivity index (χ1) is 16.0. The van der Waals surface area contributed by atoms with Crippen LogP contribution in [0.1, 0.15) is 39.4 Å². The van der Waals surface area contributed by atoms with E-state index in [-0.39, 0.29) is 30.3 Å². The smallest absolute Gasteiger partial charge is 0.164 e. The van der Waals surface area contributed by atoms with Crippen LogP contribution in [0.3, 0.4) is 0 Å². The summed E-state index contributed by atoms with van der Waals surface area (Å²) in [4.78, 5) is 17.6. The maximum absolute atomic E-state index is 14.0. The number of para-hydroxylation sites is 1. The zero-order valence-electron chi connectivity index (χ0n) is 17.7. The Bertz CT molecular complexity index is 1330. The number of aliphatic hydroxyl groups excluding tert-OH is 1. The third-order valence-corrected chi connectivity index (χ3v) is 6.22. The molecule has 1 N–H and O–H groups in total. The second-order valence-electron chi connectivity index (χ2n) is 8.20. The summed E-state index contributed by atoms with van der Waals surface area (Å²) < 4.78 is 33.6. The van der Waals surface area contributed by atoms with E-state index in [0.717, 1.165) is 11.1 Å². The monoisotopic (exact) mass is 445 g/mol. The van der Waals surface area contributed by atoms with E-state index in [1.807, 2.05) is 24.3 Å². The summed E-state index contributed by atoms with van der Waals surface area (Å²) in [6, 6.07) is 18.2. The molecule has 0 saturated carbocycles. The molecule has 5 rings (SSSR count). The molecule has 2 unspecified atom stereocenters. The molecule has 1 aliphatic rings. The van der Waals surface area contributed by atoms with Crippen molar-refractivity contribution >= 4 is 16.7 Å². The van der Waals surface area contributed by atoms with Crippen molar-refractivity contribution in [1.29, 1.82) is 0 Å². The van der Waals surface area contributed by atoms with Crippen LogP contribution in [0.25, 0.3) is 10.9 Å². The lowest BCUT2D eigenvalue weighted by Gasteiger charge is -2.16. The summed E-state index contributed by atoms with van der Waals surface area (Å²) in [5.74, 6) is -1.42. The Morgan fingerprint density at radius 2 is 1.76 bits per heavy atom. The zero-order valence-corrected chi connectivity index (χ0v) is 17.7. The lowest BCUT2D eigenvalue weighted by molar-refractivity contribution is 0.0922. The zero-order chi connectivity index (χ0) is 22.9. The van der Waals surface area contributed by atoms with E-state index in [1.165, 1.54) is 24.4 Å². The number of ketones is 1. The first-order valence-corrected chi connectivity index (χ1v) is 10.8. The fourth-order valence-electron chi connectivity index (χ4n) is 4.54. The van der Waals surface area contributed by atoms with Gasteiger partial charge in [0.1, 0.15) is 29.5 Å². The fraction of sp³-hybridized carbons (Fsp3) is 0.185. The number of ether oxygens (including phenoxy) is 1. The molecule has 0 amide bonds. The molecule has 2 atom stereocenters. The Balaban J connectivity index is 1.43. The Morgan fingerprint density at radius 3 is 2.58 bits per heavy atom. The van der Waals surface area contributed by atoms with Gasteiger partial charge in [-0.05, 0) is 41.8 Å². The van der Waals surface area contributed by atoms with Gasteiger partial charge in [-0.25, -0.2) is 8.78 Å². The van der Waals surface area contributed by atoms with Crippen LogP contribution >= 0.6 is 0 Å². The van der Waals surface area contributed by atoms with Gasteiger partial charge in [-0.3, -0.25) is 9.78 Å². The summed E-state index contributed by atoms with van der Waals surface area (Å²) in [5, 5.41) is 11.1. The average Bonchev–Trinajstić information content (AvgIpc) is 3.13. The molecule has 1 aromatic heterocycles. The van der Waals surface area contributed by atoms with E-state index < -0.39 is 17.7 Å². The minimum absolute atomic E-state index is 0.111. The summed E-state index contributed by atoms with van der Waals surface area (Å²) in [6.07, 6.45) is 1.62. The van der Waals surface area contributed by atoms with Crippen molar-refractivity contribution in [2.75, 3.05) is 0 Å². The topological polar surface area (TPSA) is 59.4 Å². The summed E-state index contributed by atoms with van der Waals surface area (Å²) in [6.45, 7) is -0.303. The Hall–Kier alpha value is -3.64. The molecule has 1 aliphatic carbocycles. The highest BCUT2D eigenvalue weighted by Gasteiger charge is 2.32. The van der Waals surface area contributed by atoms with E-state index in [1.54, 1.807) is 24.3 Å². The predicted octanol–water partition coefficient (Wildman–Crippen LogP) is 5.37. The second-order valence-corrected chi connectivity index (χ2v) is 8.20. The van der Waals surface area contributed by atoms with Crippen LogP contribution in [0.15, 0.2) is 72.9 Å². The van der Waals surface area contributed by atoms with Crippen molar-refractivity contribution in [3.63, 3.8) is 0 Å². The molecule has 33 heavy (non-hydrogen) atoms. The molecule has 166 valence electrons. The minimum atomic E-state index is -0.686. The molecule has 0 saturated heterocycles. The first kappa shape index (κ1) is 21.2. The number of nitrogens with zero attached hydrogens (tertiary/aromatic N) is 1. The van der Waals surface area contributed by atoms with Crippen LogP contribution in [-0.4, -0.2) is 22.0 Å². The lowest BCUT2D eigenvalue weighted by atomic mass is 9.91. The molecule has 0 fully saturated rings. The van der Waals surface area contributed by atoms with Gasteiger partial charge in [0.15, 0.2) is 5.78 Å².